The Morgan fingerprint density at radius 2 is 2.00 bits per heavy atom. The van der Waals surface area contributed by atoms with Crippen molar-refractivity contribution in [3.8, 4) is 6.07 Å². The monoisotopic (exact) mass is 182 g/mol. The average molecular weight is 182 g/mol. The van der Waals surface area contributed by atoms with Crippen molar-refractivity contribution in [1.29, 1.82) is 5.26 Å². The first kappa shape index (κ1) is 10.5. The van der Waals surface area contributed by atoms with E-state index in [4.69, 9.17) is 5.26 Å². The lowest BCUT2D eigenvalue weighted by Gasteiger charge is -2.36. The van der Waals surface area contributed by atoms with E-state index in [1.807, 2.05) is 0 Å². The highest BCUT2D eigenvalue weighted by Crippen LogP contribution is 2.27. The standard InChI is InChI=1S/C10H18N2O/c11-7-4-8-12-10(9-13)5-2-1-3-6-10/h12-13H,1-6,8-9H2. The maximum atomic E-state index is 9.30. The van der Waals surface area contributed by atoms with Gasteiger partial charge < -0.3 is 10.4 Å². The van der Waals surface area contributed by atoms with Crippen LogP contribution in [0.25, 0.3) is 0 Å². The molecule has 1 aliphatic rings. The lowest BCUT2D eigenvalue weighted by molar-refractivity contribution is 0.122. The van der Waals surface area contributed by atoms with Crippen molar-refractivity contribution < 1.29 is 5.11 Å². The number of nitriles is 1. The number of hydrogen-bond acceptors (Lipinski definition) is 3. The molecule has 0 radical (unpaired) electrons. The van der Waals surface area contributed by atoms with Crippen molar-refractivity contribution in [2.75, 3.05) is 13.2 Å². The van der Waals surface area contributed by atoms with Gasteiger partial charge in [-0.15, -0.1) is 0 Å². The van der Waals surface area contributed by atoms with Gasteiger partial charge in [-0.2, -0.15) is 5.26 Å². The zero-order valence-electron chi connectivity index (χ0n) is 8.05. The lowest BCUT2D eigenvalue weighted by atomic mass is 9.82. The van der Waals surface area contributed by atoms with Gasteiger partial charge in [-0.1, -0.05) is 19.3 Å². The van der Waals surface area contributed by atoms with E-state index in [9.17, 15) is 5.11 Å². The van der Waals surface area contributed by atoms with Crippen molar-refractivity contribution >= 4 is 0 Å². The molecule has 0 heterocycles. The lowest BCUT2D eigenvalue weighted by Crippen LogP contribution is -2.50. The Labute approximate surface area is 79.8 Å². The van der Waals surface area contributed by atoms with Crippen LogP contribution in [0.3, 0.4) is 0 Å². The quantitative estimate of drug-likeness (QED) is 0.642. The summed E-state index contributed by atoms with van der Waals surface area (Å²) in [5.74, 6) is 0. The molecule has 2 N–H and O–H groups in total. The number of rotatable bonds is 4. The van der Waals surface area contributed by atoms with Crippen molar-refractivity contribution in [3.63, 3.8) is 0 Å². The van der Waals surface area contributed by atoms with E-state index in [0.717, 1.165) is 12.8 Å². The second-order valence-corrected chi connectivity index (χ2v) is 3.83. The van der Waals surface area contributed by atoms with Crippen LogP contribution in [0.5, 0.6) is 0 Å². The minimum Gasteiger partial charge on any atom is -0.394 e. The first-order valence-corrected chi connectivity index (χ1v) is 5.06. The van der Waals surface area contributed by atoms with Crippen LogP contribution in [-0.4, -0.2) is 23.8 Å². The molecule has 0 atom stereocenters. The molecule has 1 fully saturated rings. The predicted octanol–water partition coefficient (Wildman–Crippen LogP) is 1.18. The van der Waals surface area contributed by atoms with Crippen LogP contribution in [0, 0.1) is 11.3 Å². The molecule has 0 aromatic heterocycles. The molecule has 1 rings (SSSR count). The summed E-state index contributed by atoms with van der Waals surface area (Å²) in [6, 6.07) is 2.10. The Hall–Kier alpha value is -0.590. The molecule has 0 spiro atoms. The summed E-state index contributed by atoms with van der Waals surface area (Å²) in [7, 11) is 0. The second kappa shape index (κ2) is 5.21. The third-order valence-electron chi connectivity index (χ3n) is 2.85. The molecule has 1 aliphatic carbocycles. The number of aliphatic hydroxyl groups is 1. The first-order valence-electron chi connectivity index (χ1n) is 5.06. The fraction of sp³-hybridized carbons (Fsp3) is 0.900. The minimum atomic E-state index is -0.0743. The van der Waals surface area contributed by atoms with Gasteiger partial charge >= 0.3 is 0 Å². The summed E-state index contributed by atoms with van der Waals surface area (Å²) in [6.45, 7) is 0.912. The number of aliphatic hydroxyl groups excluding tert-OH is 1. The molecular formula is C10H18N2O. The van der Waals surface area contributed by atoms with Crippen molar-refractivity contribution in [3.05, 3.63) is 0 Å². The zero-order chi connectivity index (χ0) is 9.57. The molecule has 0 bridgehead atoms. The third-order valence-corrected chi connectivity index (χ3v) is 2.85. The summed E-state index contributed by atoms with van der Waals surface area (Å²) in [6.07, 6.45) is 6.30. The molecule has 0 unspecified atom stereocenters. The van der Waals surface area contributed by atoms with Crippen LogP contribution >= 0.6 is 0 Å². The van der Waals surface area contributed by atoms with E-state index < -0.39 is 0 Å². The Morgan fingerprint density at radius 3 is 2.54 bits per heavy atom. The van der Waals surface area contributed by atoms with E-state index in [1.54, 1.807) is 0 Å². The first-order chi connectivity index (χ1) is 6.33. The molecule has 1 saturated carbocycles. The highest BCUT2D eigenvalue weighted by Gasteiger charge is 2.30. The van der Waals surface area contributed by atoms with Gasteiger partial charge in [0, 0.05) is 18.5 Å². The van der Waals surface area contributed by atoms with Gasteiger partial charge in [0.15, 0.2) is 0 Å². The van der Waals surface area contributed by atoms with Gasteiger partial charge in [0.25, 0.3) is 0 Å². The maximum Gasteiger partial charge on any atom is 0.0635 e. The van der Waals surface area contributed by atoms with Gasteiger partial charge in [0.1, 0.15) is 0 Å². The van der Waals surface area contributed by atoms with E-state index >= 15 is 0 Å². The Kier molecular flexibility index (Phi) is 4.20. The Bertz CT molecular complexity index is 180. The van der Waals surface area contributed by atoms with Crippen LogP contribution in [0.15, 0.2) is 0 Å². The molecule has 0 aromatic carbocycles. The summed E-state index contributed by atoms with van der Waals surface area (Å²) < 4.78 is 0. The molecule has 0 amide bonds. The fourth-order valence-corrected chi connectivity index (χ4v) is 2.00. The van der Waals surface area contributed by atoms with Gasteiger partial charge in [0.2, 0.25) is 0 Å². The molecule has 13 heavy (non-hydrogen) atoms. The fourth-order valence-electron chi connectivity index (χ4n) is 2.00. The second-order valence-electron chi connectivity index (χ2n) is 3.83. The SMILES string of the molecule is N#CCCNC1(CO)CCCCC1. The van der Waals surface area contributed by atoms with Crippen LogP contribution in [0.2, 0.25) is 0 Å². The van der Waals surface area contributed by atoms with Crippen molar-refractivity contribution in [2.24, 2.45) is 0 Å². The van der Waals surface area contributed by atoms with Gasteiger partial charge in [-0.05, 0) is 12.8 Å². The highest BCUT2D eigenvalue weighted by atomic mass is 16.3. The molecule has 0 aromatic rings. The van der Waals surface area contributed by atoms with Crippen LogP contribution in [0.4, 0.5) is 0 Å². The summed E-state index contributed by atoms with van der Waals surface area (Å²) in [5, 5.41) is 21.0. The number of nitrogens with zero attached hydrogens (tertiary/aromatic N) is 1. The van der Waals surface area contributed by atoms with E-state index in [2.05, 4.69) is 11.4 Å². The summed E-state index contributed by atoms with van der Waals surface area (Å²) >= 11 is 0. The van der Waals surface area contributed by atoms with Crippen molar-refractivity contribution in [2.45, 2.75) is 44.1 Å². The maximum absolute atomic E-state index is 9.30. The van der Waals surface area contributed by atoms with E-state index in [-0.39, 0.29) is 12.1 Å². The Balaban J connectivity index is 2.34. The van der Waals surface area contributed by atoms with Gasteiger partial charge in [-0.3, -0.25) is 0 Å². The van der Waals surface area contributed by atoms with Gasteiger partial charge in [-0.25, -0.2) is 0 Å². The zero-order valence-corrected chi connectivity index (χ0v) is 8.05. The average Bonchev–Trinajstić information content (AvgIpc) is 2.20. The van der Waals surface area contributed by atoms with Gasteiger partial charge in [0.05, 0.1) is 12.7 Å². The van der Waals surface area contributed by atoms with Crippen LogP contribution in [0.1, 0.15) is 38.5 Å². The normalized spacial score (nSPS) is 20.9. The minimum absolute atomic E-state index is 0.0743. The number of nitrogens with one attached hydrogen (secondary N) is 1. The smallest absolute Gasteiger partial charge is 0.0635 e. The highest BCUT2D eigenvalue weighted by molar-refractivity contribution is 4.91. The Morgan fingerprint density at radius 1 is 1.31 bits per heavy atom. The predicted molar refractivity (Wildman–Crippen MR) is 51.1 cm³/mol. The number of hydrogen-bond donors (Lipinski definition) is 2. The molecule has 0 aliphatic heterocycles. The topological polar surface area (TPSA) is 56.0 Å². The molecule has 3 nitrogen and oxygen atoms in total. The molecule has 74 valence electrons. The largest absolute Gasteiger partial charge is 0.394 e. The molecule has 0 saturated heterocycles. The summed E-state index contributed by atoms with van der Waals surface area (Å²) in [4.78, 5) is 0. The van der Waals surface area contributed by atoms with Crippen molar-refractivity contribution in [1.82, 2.24) is 5.32 Å². The van der Waals surface area contributed by atoms with E-state index in [1.165, 1.54) is 19.3 Å². The summed E-state index contributed by atoms with van der Waals surface area (Å²) in [5.41, 5.74) is -0.0743. The molecule has 3 heteroatoms. The molecular weight excluding hydrogens is 164 g/mol. The van der Waals surface area contributed by atoms with Crippen LogP contribution < -0.4 is 5.32 Å². The third kappa shape index (κ3) is 2.98. The van der Waals surface area contributed by atoms with E-state index in [0.29, 0.717) is 13.0 Å². The van der Waals surface area contributed by atoms with Crippen LogP contribution in [-0.2, 0) is 0 Å².